The molecule has 9 heteroatoms. The number of rotatable bonds is 5. The Bertz CT molecular complexity index is 940. The minimum absolute atomic E-state index is 0.238. The molecule has 0 aliphatic rings. The summed E-state index contributed by atoms with van der Waals surface area (Å²) in [5.74, 6) is -0.356. The van der Waals surface area contributed by atoms with E-state index in [-0.39, 0.29) is 6.54 Å². The maximum absolute atomic E-state index is 12.8. The zero-order valence-corrected chi connectivity index (χ0v) is 14.4. The van der Waals surface area contributed by atoms with E-state index in [9.17, 15) is 14.0 Å². The molecule has 0 saturated heterocycles. The number of benzene rings is 1. The number of urea groups is 1. The van der Waals surface area contributed by atoms with Gasteiger partial charge in [0.1, 0.15) is 11.6 Å². The van der Waals surface area contributed by atoms with Gasteiger partial charge in [-0.25, -0.2) is 9.18 Å². The fourth-order valence-corrected chi connectivity index (χ4v) is 2.31. The number of aryl methyl sites for hydroxylation is 1. The number of nitrogens with one attached hydrogen (secondary N) is 3. The second-order valence-corrected chi connectivity index (χ2v) is 5.64. The topological polar surface area (TPSA) is 101 Å². The van der Waals surface area contributed by atoms with Crippen molar-refractivity contribution in [1.29, 1.82) is 0 Å². The Kier molecular flexibility index (Phi) is 5.41. The number of halogens is 1. The average Bonchev–Trinajstić information content (AvgIpc) is 3.03. The molecule has 0 spiro atoms. The SMILES string of the molecule is Cn1nc(-c2ccncc2)cc1NC(=O)NCC(=O)Nc1ccc(F)cc1. The predicted molar refractivity (Wildman–Crippen MR) is 98.5 cm³/mol. The second kappa shape index (κ2) is 8.09. The summed E-state index contributed by atoms with van der Waals surface area (Å²) in [7, 11) is 1.70. The van der Waals surface area contributed by atoms with Crippen LogP contribution in [0.3, 0.4) is 0 Å². The molecule has 0 aliphatic heterocycles. The van der Waals surface area contributed by atoms with Crippen LogP contribution in [0.15, 0.2) is 54.9 Å². The summed E-state index contributed by atoms with van der Waals surface area (Å²) in [6.07, 6.45) is 3.31. The van der Waals surface area contributed by atoms with Crippen LogP contribution in [0, 0.1) is 5.82 Å². The van der Waals surface area contributed by atoms with Crippen molar-refractivity contribution in [2.45, 2.75) is 0 Å². The van der Waals surface area contributed by atoms with E-state index in [1.165, 1.54) is 28.9 Å². The lowest BCUT2D eigenvalue weighted by atomic mass is 10.2. The third-order valence-electron chi connectivity index (χ3n) is 3.63. The lowest BCUT2D eigenvalue weighted by molar-refractivity contribution is -0.115. The average molecular weight is 368 g/mol. The van der Waals surface area contributed by atoms with Crippen molar-refractivity contribution in [1.82, 2.24) is 20.1 Å². The lowest BCUT2D eigenvalue weighted by Crippen LogP contribution is -2.36. The van der Waals surface area contributed by atoms with Gasteiger partial charge in [-0.2, -0.15) is 5.10 Å². The fraction of sp³-hybridized carbons (Fsp3) is 0.111. The Hall–Kier alpha value is -3.75. The molecule has 138 valence electrons. The first-order valence-corrected chi connectivity index (χ1v) is 8.06. The number of nitrogens with zero attached hydrogens (tertiary/aromatic N) is 3. The largest absolute Gasteiger partial charge is 0.329 e. The minimum atomic E-state index is -0.548. The molecule has 0 atom stereocenters. The molecule has 0 radical (unpaired) electrons. The van der Waals surface area contributed by atoms with Gasteiger partial charge >= 0.3 is 6.03 Å². The monoisotopic (exact) mass is 368 g/mol. The Morgan fingerprint density at radius 3 is 2.48 bits per heavy atom. The van der Waals surface area contributed by atoms with E-state index < -0.39 is 17.8 Å². The number of amides is 3. The number of carbonyl (C=O) groups excluding carboxylic acids is 2. The molecular weight excluding hydrogens is 351 g/mol. The molecule has 0 aliphatic carbocycles. The molecule has 0 bridgehead atoms. The normalized spacial score (nSPS) is 10.3. The fourth-order valence-electron chi connectivity index (χ4n) is 2.31. The molecule has 8 nitrogen and oxygen atoms in total. The summed E-state index contributed by atoms with van der Waals surface area (Å²) in [5, 5.41) is 12.0. The van der Waals surface area contributed by atoms with Crippen molar-refractivity contribution < 1.29 is 14.0 Å². The van der Waals surface area contributed by atoms with Crippen LogP contribution in [0.25, 0.3) is 11.3 Å². The Morgan fingerprint density at radius 1 is 1.07 bits per heavy atom. The van der Waals surface area contributed by atoms with Crippen molar-refractivity contribution in [3.8, 4) is 11.3 Å². The standard InChI is InChI=1S/C18H17FN6O2/c1-25-16(10-15(24-25)12-6-8-20-9-7-12)23-18(27)21-11-17(26)22-14-4-2-13(19)3-5-14/h2-10H,11H2,1H3,(H,22,26)(H2,21,23,27). The van der Waals surface area contributed by atoms with Crippen LogP contribution in [0.4, 0.5) is 20.7 Å². The first kappa shape index (κ1) is 18.1. The third-order valence-corrected chi connectivity index (χ3v) is 3.63. The van der Waals surface area contributed by atoms with Gasteiger partial charge in [-0.1, -0.05) is 0 Å². The van der Waals surface area contributed by atoms with Gasteiger partial charge in [-0.05, 0) is 36.4 Å². The van der Waals surface area contributed by atoms with Crippen molar-refractivity contribution in [3.63, 3.8) is 0 Å². The maximum Gasteiger partial charge on any atom is 0.320 e. The molecule has 2 heterocycles. The Labute approximate surface area is 154 Å². The van der Waals surface area contributed by atoms with Crippen molar-refractivity contribution >= 4 is 23.4 Å². The van der Waals surface area contributed by atoms with Gasteiger partial charge in [-0.3, -0.25) is 19.8 Å². The highest BCUT2D eigenvalue weighted by Crippen LogP contribution is 2.20. The quantitative estimate of drug-likeness (QED) is 0.644. The van der Waals surface area contributed by atoms with E-state index in [0.29, 0.717) is 17.2 Å². The molecule has 0 fully saturated rings. The highest BCUT2D eigenvalue weighted by atomic mass is 19.1. The minimum Gasteiger partial charge on any atom is -0.329 e. The molecule has 0 saturated carbocycles. The molecular formula is C18H17FN6O2. The van der Waals surface area contributed by atoms with E-state index in [1.807, 2.05) is 12.1 Å². The summed E-state index contributed by atoms with van der Waals surface area (Å²) in [4.78, 5) is 27.8. The molecule has 2 aromatic heterocycles. The highest BCUT2D eigenvalue weighted by Gasteiger charge is 2.11. The molecule has 3 rings (SSSR count). The van der Waals surface area contributed by atoms with Crippen LogP contribution in [0.5, 0.6) is 0 Å². The first-order valence-electron chi connectivity index (χ1n) is 8.06. The predicted octanol–water partition coefficient (Wildman–Crippen LogP) is 2.38. The summed E-state index contributed by atoms with van der Waals surface area (Å²) >= 11 is 0. The molecule has 3 N–H and O–H groups in total. The summed E-state index contributed by atoms with van der Waals surface area (Å²) < 4.78 is 14.4. The van der Waals surface area contributed by atoms with Crippen LogP contribution in [0.1, 0.15) is 0 Å². The molecule has 1 aromatic carbocycles. The number of carbonyl (C=O) groups is 2. The van der Waals surface area contributed by atoms with E-state index in [0.717, 1.165) is 5.56 Å². The van der Waals surface area contributed by atoms with Crippen LogP contribution < -0.4 is 16.0 Å². The van der Waals surface area contributed by atoms with Gasteiger partial charge in [0.15, 0.2) is 0 Å². The zero-order chi connectivity index (χ0) is 19.2. The van der Waals surface area contributed by atoms with Crippen LogP contribution in [-0.2, 0) is 11.8 Å². The third kappa shape index (κ3) is 4.88. The van der Waals surface area contributed by atoms with Crippen LogP contribution in [-0.4, -0.2) is 33.2 Å². The highest BCUT2D eigenvalue weighted by molar-refractivity contribution is 5.96. The van der Waals surface area contributed by atoms with E-state index >= 15 is 0 Å². The van der Waals surface area contributed by atoms with Gasteiger partial charge in [0, 0.05) is 36.8 Å². The van der Waals surface area contributed by atoms with Gasteiger partial charge in [0.05, 0.1) is 12.2 Å². The summed E-state index contributed by atoms with van der Waals surface area (Å²) in [5.41, 5.74) is 1.99. The number of pyridine rings is 1. The Balaban J connectivity index is 1.53. The summed E-state index contributed by atoms with van der Waals surface area (Å²) in [6, 6.07) is 10.1. The molecule has 3 amide bonds. The van der Waals surface area contributed by atoms with Gasteiger partial charge < -0.3 is 10.6 Å². The molecule has 3 aromatic rings. The van der Waals surface area contributed by atoms with Gasteiger partial charge in [0.25, 0.3) is 0 Å². The maximum atomic E-state index is 12.8. The van der Waals surface area contributed by atoms with Crippen molar-refractivity contribution in [3.05, 3.63) is 60.7 Å². The first-order chi connectivity index (χ1) is 13.0. The van der Waals surface area contributed by atoms with Crippen LogP contribution in [0.2, 0.25) is 0 Å². The molecule has 27 heavy (non-hydrogen) atoms. The van der Waals surface area contributed by atoms with Crippen molar-refractivity contribution in [2.75, 3.05) is 17.2 Å². The number of hydrogen-bond acceptors (Lipinski definition) is 4. The van der Waals surface area contributed by atoms with Crippen LogP contribution >= 0.6 is 0 Å². The second-order valence-electron chi connectivity index (χ2n) is 5.64. The Morgan fingerprint density at radius 2 is 1.78 bits per heavy atom. The van der Waals surface area contributed by atoms with E-state index in [4.69, 9.17) is 0 Å². The summed E-state index contributed by atoms with van der Waals surface area (Å²) in [6.45, 7) is -0.238. The van der Waals surface area contributed by atoms with Gasteiger partial charge in [0.2, 0.25) is 5.91 Å². The number of anilines is 2. The molecule has 0 unspecified atom stereocenters. The van der Waals surface area contributed by atoms with Gasteiger partial charge in [-0.15, -0.1) is 0 Å². The zero-order valence-electron chi connectivity index (χ0n) is 14.4. The van der Waals surface area contributed by atoms with E-state index in [2.05, 4.69) is 26.0 Å². The van der Waals surface area contributed by atoms with E-state index in [1.54, 1.807) is 25.5 Å². The van der Waals surface area contributed by atoms with Crippen molar-refractivity contribution in [2.24, 2.45) is 7.05 Å². The lowest BCUT2D eigenvalue weighted by Gasteiger charge is -2.08. The number of aromatic nitrogens is 3. The number of hydrogen-bond donors (Lipinski definition) is 3. The smallest absolute Gasteiger partial charge is 0.320 e.